The van der Waals surface area contributed by atoms with Crippen molar-refractivity contribution in [1.29, 1.82) is 5.26 Å². The van der Waals surface area contributed by atoms with Gasteiger partial charge in [-0.1, -0.05) is 18.2 Å². The summed E-state index contributed by atoms with van der Waals surface area (Å²) in [7, 11) is 3.28. The van der Waals surface area contributed by atoms with Crippen LogP contribution in [0.25, 0.3) is 0 Å². The third-order valence-electron chi connectivity index (χ3n) is 3.47. The normalized spacial score (nSPS) is 10.4. The zero-order valence-corrected chi connectivity index (χ0v) is 16.4. The van der Waals surface area contributed by atoms with E-state index in [9.17, 15) is 4.39 Å². The number of aliphatic imine (C=N–C) groups is 1. The van der Waals surface area contributed by atoms with Crippen molar-refractivity contribution in [3.8, 4) is 11.8 Å². The first-order chi connectivity index (χ1) is 11.7. The minimum Gasteiger partial charge on any atom is -0.497 e. The molecule has 0 bridgehead atoms. The first kappa shape index (κ1) is 20.7. The standard InChI is InChI=1S/C18H19FN4O.HI/c1-21-18(22-11-13-4-7-16(24-2)8-5-13)23-12-15-6-3-14(10-20)9-17(15)19;/h3-9H,11-12H2,1-2H3,(H2,21,22,23);1H. The van der Waals surface area contributed by atoms with Crippen molar-refractivity contribution in [1.82, 2.24) is 10.6 Å². The average molecular weight is 454 g/mol. The molecule has 0 saturated heterocycles. The minimum absolute atomic E-state index is 0. The highest BCUT2D eigenvalue weighted by atomic mass is 127. The van der Waals surface area contributed by atoms with Crippen LogP contribution >= 0.6 is 24.0 Å². The first-order valence-corrected chi connectivity index (χ1v) is 7.42. The molecule has 25 heavy (non-hydrogen) atoms. The van der Waals surface area contributed by atoms with E-state index in [0.717, 1.165) is 11.3 Å². The molecule has 0 unspecified atom stereocenters. The number of hydrogen-bond donors (Lipinski definition) is 2. The van der Waals surface area contributed by atoms with Crippen molar-refractivity contribution in [2.45, 2.75) is 13.1 Å². The summed E-state index contributed by atoms with van der Waals surface area (Å²) in [4.78, 5) is 4.11. The molecule has 5 nitrogen and oxygen atoms in total. The van der Waals surface area contributed by atoms with Crippen LogP contribution < -0.4 is 15.4 Å². The third kappa shape index (κ3) is 6.23. The summed E-state index contributed by atoms with van der Waals surface area (Å²) in [6, 6.07) is 14.0. The maximum atomic E-state index is 13.9. The summed E-state index contributed by atoms with van der Waals surface area (Å²) in [6.07, 6.45) is 0. The Balaban J connectivity index is 0.00000312. The largest absolute Gasteiger partial charge is 0.497 e. The monoisotopic (exact) mass is 454 g/mol. The van der Waals surface area contributed by atoms with Gasteiger partial charge in [0, 0.05) is 25.7 Å². The Labute approximate surface area is 163 Å². The number of nitriles is 1. The van der Waals surface area contributed by atoms with Gasteiger partial charge in [0.2, 0.25) is 0 Å². The Bertz CT molecular complexity index is 757. The van der Waals surface area contributed by atoms with Crippen molar-refractivity contribution < 1.29 is 9.13 Å². The molecule has 2 N–H and O–H groups in total. The zero-order chi connectivity index (χ0) is 17.4. The molecule has 0 aliphatic rings. The molecule has 2 aromatic rings. The molecule has 0 fully saturated rings. The van der Waals surface area contributed by atoms with Gasteiger partial charge in [-0.15, -0.1) is 24.0 Å². The van der Waals surface area contributed by atoms with E-state index in [1.165, 1.54) is 6.07 Å². The molecule has 132 valence electrons. The maximum Gasteiger partial charge on any atom is 0.191 e. The van der Waals surface area contributed by atoms with Crippen LogP contribution in [0.3, 0.4) is 0 Å². The third-order valence-corrected chi connectivity index (χ3v) is 3.47. The van der Waals surface area contributed by atoms with Gasteiger partial charge in [-0.3, -0.25) is 4.99 Å². The van der Waals surface area contributed by atoms with Crippen LogP contribution in [0.4, 0.5) is 4.39 Å². The molecule has 0 radical (unpaired) electrons. The number of nitrogens with one attached hydrogen (secondary N) is 2. The Morgan fingerprint density at radius 1 is 1.16 bits per heavy atom. The van der Waals surface area contributed by atoms with Gasteiger partial charge in [0.05, 0.1) is 18.7 Å². The fourth-order valence-corrected chi connectivity index (χ4v) is 2.09. The van der Waals surface area contributed by atoms with Gasteiger partial charge in [0.15, 0.2) is 5.96 Å². The van der Waals surface area contributed by atoms with E-state index in [-0.39, 0.29) is 30.5 Å². The molecule has 7 heteroatoms. The lowest BCUT2D eigenvalue weighted by Gasteiger charge is -2.12. The molecule has 0 aliphatic heterocycles. The highest BCUT2D eigenvalue weighted by molar-refractivity contribution is 14.0. The summed E-state index contributed by atoms with van der Waals surface area (Å²) in [6.45, 7) is 0.860. The van der Waals surface area contributed by atoms with Crippen molar-refractivity contribution >= 4 is 29.9 Å². The van der Waals surface area contributed by atoms with Crippen LogP contribution in [-0.4, -0.2) is 20.1 Å². The lowest BCUT2D eigenvalue weighted by Crippen LogP contribution is -2.36. The lowest BCUT2D eigenvalue weighted by molar-refractivity contribution is 0.414. The number of benzene rings is 2. The highest BCUT2D eigenvalue weighted by Gasteiger charge is 2.05. The maximum absolute atomic E-state index is 13.9. The summed E-state index contributed by atoms with van der Waals surface area (Å²) in [5, 5.41) is 15.0. The minimum atomic E-state index is -0.410. The van der Waals surface area contributed by atoms with Crippen LogP contribution in [0.15, 0.2) is 47.5 Å². The quantitative estimate of drug-likeness (QED) is 0.414. The second kappa shape index (κ2) is 10.5. The van der Waals surface area contributed by atoms with E-state index in [2.05, 4.69) is 15.6 Å². The average Bonchev–Trinajstić information content (AvgIpc) is 2.63. The van der Waals surface area contributed by atoms with E-state index < -0.39 is 5.82 Å². The van der Waals surface area contributed by atoms with Crippen LogP contribution in [-0.2, 0) is 13.1 Å². The number of halogens is 2. The van der Waals surface area contributed by atoms with E-state index in [1.54, 1.807) is 26.3 Å². The second-order valence-electron chi connectivity index (χ2n) is 5.05. The van der Waals surface area contributed by atoms with Crippen LogP contribution in [0.1, 0.15) is 16.7 Å². The summed E-state index contributed by atoms with van der Waals surface area (Å²) in [5.41, 5.74) is 1.85. The van der Waals surface area contributed by atoms with Crippen molar-refractivity contribution in [3.63, 3.8) is 0 Å². The van der Waals surface area contributed by atoms with Gasteiger partial charge in [0.1, 0.15) is 11.6 Å². The number of nitrogens with zero attached hydrogens (tertiary/aromatic N) is 2. The molecule has 0 aromatic heterocycles. The topological polar surface area (TPSA) is 69.4 Å². The van der Waals surface area contributed by atoms with Gasteiger partial charge >= 0.3 is 0 Å². The fourth-order valence-electron chi connectivity index (χ4n) is 2.09. The lowest BCUT2D eigenvalue weighted by atomic mass is 10.1. The van der Waals surface area contributed by atoms with E-state index in [0.29, 0.717) is 23.6 Å². The second-order valence-corrected chi connectivity index (χ2v) is 5.05. The van der Waals surface area contributed by atoms with Crippen LogP contribution in [0, 0.1) is 17.1 Å². The summed E-state index contributed by atoms with van der Waals surface area (Å²) in [5.74, 6) is 0.958. The smallest absolute Gasteiger partial charge is 0.191 e. The van der Waals surface area contributed by atoms with Gasteiger partial charge in [0.25, 0.3) is 0 Å². The molecule has 0 amide bonds. The molecular weight excluding hydrogens is 434 g/mol. The molecule has 0 aliphatic carbocycles. The van der Waals surface area contributed by atoms with Crippen LogP contribution in [0.2, 0.25) is 0 Å². The van der Waals surface area contributed by atoms with Crippen molar-refractivity contribution in [2.75, 3.05) is 14.2 Å². The predicted molar refractivity (Wildman–Crippen MR) is 107 cm³/mol. The molecule has 0 heterocycles. The number of rotatable bonds is 5. The van der Waals surface area contributed by atoms with E-state index in [4.69, 9.17) is 10.00 Å². The molecule has 2 rings (SSSR count). The fraction of sp³-hybridized carbons (Fsp3) is 0.222. The van der Waals surface area contributed by atoms with Gasteiger partial charge in [-0.2, -0.15) is 5.26 Å². The number of guanidine groups is 1. The van der Waals surface area contributed by atoms with Gasteiger partial charge in [-0.25, -0.2) is 4.39 Å². The van der Waals surface area contributed by atoms with E-state index >= 15 is 0 Å². The van der Waals surface area contributed by atoms with Crippen molar-refractivity contribution in [3.05, 3.63) is 65.0 Å². The highest BCUT2D eigenvalue weighted by Crippen LogP contribution is 2.11. The summed E-state index contributed by atoms with van der Waals surface area (Å²) < 4.78 is 19.0. The van der Waals surface area contributed by atoms with Crippen molar-refractivity contribution in [2.24, 2.45) is 4.99 Å². The van der Waals surface area contributed by atoms with Gasteiger partial charge < -0.3 is 15.4 Å². The number of ether oxygens (including phenoxy) is 1. The Morgan fingerprint density at radius 2 is 1.84 bits per heavy atom. The molecular formula is C18H20FIN4O. The predicted octanol–water partition coefficient (Wildman–Crippen LogP) is 3.19. The van der Waals surface area contributed by atoms with E-state index in [1.807, 2.05) is 30.3 Å². The number of methoxy groups -OCH3 is 1. The first-order valence-electron chi connectivity index (χ1n) is 7.42. The van der Waals surface area contributed by atoms with Gasteiger partial charge in [-0.05, 0) is 29.8 Å². The summed E-state index contributed by atoms with van der Waals surface area (Å²) >= 11 is 0. The Kier molecular flexibility index (Phi) is 8.70. The Morgan fingerprint density at radius 3 is 2.40 bits per heavy atom. The Hall–Kier alpha value is -2.34. The SMILES string of the molecule is CN=C(NCc1ccc(OC)cc1)NCc1ccc(C#N)cc1F.I. The molecule has 2 aromatic carbocycles. The molecule has 0 atom stereocenters. The van der Waals surface area contributed by atoms with Crippen LogP contribution in [0.5, 0.6) is 5.75 Å². The number of hydrogen-bond acceptors (Lipinski definition) is 3. The molecule has 0 spiro atoms. The zero-order valence-electron chi connectivity index (χ0n) is 14.0. The molecule has 0 saturated carbocycles.